The van der Waals surface area contributed by atoms with E-state index in [1.807, 2.05) is 96.1 Å². The first-order valence-electron chi connectivity index (χ1n) is 20.6. The minimum atomic E-state index is -1.93. The maximum atomic E-state index is 14.3. The van der Waals surface area contributed by atoms with Crippen LogP contribution in [0.1, 0.15) is 92.8 Å². The van der Waals surface area contributed by atoms with Gasteiger partial charge in [-0.15, -0.1) is 0 Å². The molecule has 0 bridgehead atoms. The third kappa shape index (κ3) is 11.0. The standard InChI is InChI=1S/C44H68N4O10/c1-13-34-44(9,53)39(51)27(4)36(47-46-30(7)32-20-17-21-45-32)25(2)24-43(8,54-12)40(58-42-37(50)33(48(10)11)22-26(3)55-42)28(5)38(29(6)41(52)56-34)57-35(49)23-31-18-15-14-16-19-31/h14-21,25-29,33-34,37-40,42,45,50-51,53H,13,22-24H2,1-12H3/b46-30+,47-36+/t25-,26?,27+,28+,29-,33?,34-,37?,38+,39-,40-,42?,43-,44-/m1/s1. The van der Waals surface area contributed by atoms with Gasteiger partial charge in [-0.05, 0) is 91.6 Å². The van der Waals surface area contributed by atoms with Crippen LogP contribution in [0, 0.1) is 23.7 Å². The normalized spacial score (nSPS) is 38.0. The number of likely N-dealkylation sites (N-methyl/N-ethyl adjacent to an activating group) is 1. The zero-order chi connectivity index (χ0) is 43.1. The number of aromatic amines is 1. The summed E-state index contributed by atoms with van der Waals surface area (Å²) in [5.74, 6) is -4.40. The Labute approximate surface area is 344 Å². The highest BCUT2D eigenvalue weighted by Crippen LogP contribution is 2.40. The molecule has 58 heavy (non-hydrogen) atoms. The van der Waals surface area contributed by atoms with Crippen LogP contribution in [0.25, 0.3) is 0 Å². The summed E-state index contributed by atoms with van der Waals surface area (Å²) < 4.78 is 32.0. The van der Waals surface area contributed by atoms with Crippen molar-refractivity contribution in [1.29, 1.82) is 0 Å². The molecule has 14 heteroatoms. The highest BCUT2D eigenvalue weighted by molar-refractivity contribution is 5.98. The topological polar surface area (TPSA) is 185 Å². The fourth-order valence-electron chi connectivity index (χ4n) is 8.68. The first kappa shape index (κ1) is 47.2. The third-order valence-corrected chi connectivity index (χ3v) is 12.3. The van der Waals surface area contributed by atoms with Gasteiger partial charge < -0.3 is 48.9 Å². The number of carbonyl (C=O) groups excluding carboxylic acids is 2. The number of rotatable bonds is 10. The fourth-order valence-corrected chi connectivity index (χ4v) is 8.68. The van der Waals surface area contributed by atoms with Crippen LogP contribution in [0.5, 0.6) is 0 Å². The molecule has 14 atom stereocenters. The Morgan fingerprint density at radius 3 is 2.29 bits per heavy atom. The van der Waals surface area contributed by atoms with Crippen molar-refractivity contribution in [3.63, 3.8) is 0 Å². The lowest BCUT2D eigenvalue weighted by Crippen LogP contribution is -2.60. The number of carbonyl (C=O) groups is 2. The van der Waals surface area contributed by atoms with Crippen LogP contribution >= 0.6 is 0 Å². The highest BCUT2D eigenvalue weighted by Gasteiger charge is 2.52. The number of ether oxygens (including phenoxy) is 5. The van der Waals surface area contributed by atoms with Crippen molar-refractivity contribution in [3.05, 3.63) is 59.9 Å². The van der Waals surface area contributed by atoms with Gasteiger partial charge in [-0.3, -0.25) is 9.59 Å². The zero-order valence-electron chi connectivity index (χ0n) is 36.4. The molecule has 324 valence electrons. The Morgan fingerprint density at radius 1 is 1.03 bits per heavy atom. The molecule has 2 aliphatic heterocycles. The van der Waals surface area contributed by atoms with E-state index < -0.39 is 83.6 Å². The maximum absolute atomic E-state index is 14.3. The molecular weight excluding hydrogens is 745 g/mol. The second-order valence-corrected chi connectivity index (χ2v) is 17.1. The number of aliphatic hydroxyl groups excluding tert-OH is 2. The first-order chi connectivity index (χ1) is 27.2. The van der Waals surface area contributed by atoms with Crippen molar-refractivity contribution >= 4 is 23.4 Å². The number of hydrogen-bond acceptors (Lipinski definition) is 13. The average Bonchev–Trinajstić information content (AvgIpc) is 3.73. The van der Waals surface area contributed by atoms with E-state index >= 15 is 0 Å². The summed E-state index contributed by atoms with van der Waals surface area (Å²) in [6.07, 6.45) is -4.46. The van der Waals surface area contributed by atoms with Crippen molar-refractivity contribution < 1.29 is 48.6 Å². The van der Waals surface area contributed by atoms with E-state index in [0.717, 1.165) is 11.3 Å². The van der Waals surface area contributed by atoms with Crippen molar-refractivity contribution in [2.24, 2.45) is 33.9 Å². The van der Waals surface area contributed by atoms with Gasteiger partial charge in [0.1, 0.15) is 23.9 Å². The Balaban J connectivity index is 1.91. The number of esters is 2. The predicted molar refractivity (Wildman–Crippen MR) is 221 cm³/mol. The van der Waals surface area contributed by atoms with Crippen molar-refractivity contribution in [2.75, 3.05) is 21.2 Å². The van der Waals surface area contributed by atoms with Crippen molar-refractivity contribution in [2.45, 2.75) is 148 Å². The van der Waals surface area contributed by atoms with E-state index in [9.17, 15) is 24.9 Å². The zero-order valence-corrected chi connectivity index (χ0v) is 36.4. The van der Waals surface area contributed by atoms with Crippen LogP contribution in [-0.2, 0) is 39.7 Å². The van der Waals surface area contributed by atoms with Crippen molar-refractivity contribution in [3.8, 4) is 0 Å². The van der Waals surface area contributed by atoms with E-state index in [1.54, 1.807) is 34.1 Å². The van der Waals surface area contributed by atoms with Gasteiger partial charge in [-0.1, -0.05) is 58.0 Å². The number of aliphatic hydroxyl groups is 3. The summed E-state index contributed by atoms with van der Waals surface area (Å²) in [6, 6.07) is 12.6. The molecule has 3 heterocycles. The van der Waals surface area contributed by atoms with Gasteiger partial charge in [-0.25, -0.2) is 0 Å². The molecule has 2 aliphatic rings. The Morgan fingerprint density at radius 2 is 1.71 bits per heavy atom. The Bertz CT molecular complexity index is 1680. The lowest BCUT2D eigenvalue weighted by molar-refractivity contribution is -0.301. The number of benzene rings is 1. The fraction of sp³-hybridized carbons (Fsp3) is 0.682. The van der Waals surface area contributed by atoms with Crippen LogP contribution in [0.2, 0.25) is 0 Å². The van der Waals surface area contributed by atoms with Crippen LogP contribution in [-0.4, -0.2) is 130 Å². The smallest absolute Gasteiger partial charge is 0.312 e. The third-order valence-electron chi connectivity index (χ3n) is 12.3. The van der Waals surface area contributed by atoms with Crippen LogP contribution in [0.4, 0.5) is 0 Å². The second-order valence-electron chi connectivity index (χ2n) is 17.1. The number of nitrogens with zero attached hydrogens (tertiary/aromatic N) is 3. The van der Waals surface area contributed by atoms with E-state index in [-0.39, 0.29) is 31.4 Å². The average molecular weight is 813 g/mol. The summed E-state index contributed by atoms with van der Waals surface area (Å²) in [6.45, 7) is 15.9. The number of H-pyrrole nitrogens is 1. The monoisotopic (exact) mass is 812 g/mol. The number of methoxy groups -OCH3 is 1. The van der Waals surface area contributed by atoms with Gasteiger partial charge in [0.15, 0.2) is 6.29 Å². The van der Waals surface area contributed by atoms with Gasteiger partial charge in [-0.2, -0.15) is 10.2 Å². The molecule has 1 aromatic carbocycles. The quantitative estimate of drug-likeness (QED) is 0.145. The SMILES string of the molecule is CC[C@H]1OC(=O)[C@H](C)[C@@H](OC(=O)Cc2ccccc2)[C@H](C)[C@@H](OC2OC(C)CC(N(C)C)C2O)[C@](C)(OC)C[C@@H](C)/C(=N\N=C(/C)c2ccc[nH]2)[C@H](C)[C@@H](O)[C@]1(C)O. The lowest BCUT2D eigenvalue weighted by atomic mass is 9.73. The molecule has 0 radical (unpaired) electrons. The minimum Gasteiger partial charge on any atom is -0.461 e. The molecule has 14 nitrogen and oxygen atoms in total. The minimum absolute atomic E-state index is 0.0545. The van der Waals surface area contributed by atoms with E-state index in [1.165, 1.54) is 6.92 Å². The van der Waals surface area contributed by atoms with Gasteiger partial charge in [0.25, 0.3) is 0 Å². The number of aromatic nitrogens is 1. The summed E-state index contributed by atoms with van der Waals surface area (Å²) in [4.78, 5) is 33.1. The van der Waals surface area contributed by atoms with E-state index in [0.29, 0.717) is 17.8 Å². The second kappa shape index (κ2) is 20.2. The molecule has 4 rings (SSSR count). The highest BCUT2D eigenvalue weighted by atomic mass is 16.7. The summed E-state index contributed by atoms with van der Waals surface area (Å²) in [5, 5.41) is 45.0. The number of cyclic esters (lactones) is 1. The van der Waals surface area contributed by atoms with Gasteiger partial charge in [0, 0.05) is 36.9 Å². The molecule has 0 spiro atoms. The first-order valence-corrected chi connectivity index (χ1v) is 20.6. The van der Waals surface area contributed by atoms with Gasteiger partial charge in [0.05, 0.1) is 47.7 Å². The molecule has 4 N–H and O–H groups in total. The number of hydrogen-bond donors (Lipinski definition) is 4. The lowest BCUT2D eigenvalue weighted by Gasteiger charge is -2.48. The van der Waals surface area contributed by atoms with E-state index in [4.69, 9.17) is 28.8 Å². The molecule has 0 aliphatic carbocycles. The summed E-state index contributed by atoms with van der Waals surface area (Å²) >= 11 is 0. The number of nitrogens with one attached hydrogen (secondary N) is 1. The Hall–Kier alpha value is -3.50. The molecule has 0 amide bonds. The van der Waals surface area contributed by atoms with Gasteiger partial charge >= 0.3 is 11.9 Å². The van der Waals surface area contributed by atoms with Crippen molar-refractivity contribution in [1.82, 2.24) is 9.88 Å². The largest absolute Gasteiger partial charge is 0.461 e. The molecule has 2 aromatic rings. The van der Waals surface area contributed by atoms with Crippen LogP contribution < -0.4 is 0 Å². The molecule has 0 saturated carbocycles. The molecule has 1 aromatic heterocycles. The Kier molecular flexibility index (Phi) is 16.4. The predicted octanol–water partition coefficient (Wildman–Crippen LogP) is 4.93. The van der Waals surface area contributed by atoms with Crippen LogP contribution in [0.15, 0.2) is 58.9 Å². The summed E-state index contributed by atoms with van der Waals surface area (Å²) in [5.41, 5.74) is -0.606. The molecular formula is C44H68N4O10. The summed E-state index contributed by atoms with van der Waals surface area (Å²) in [7, 11) is 5.33. The molecule has 4 unspecified atom stereocenters. The molecule has 2 fully saturated rings. The van der Waals surface area contributed by atoms with E-state index in [2.05, 4.69) is 10.1 Å². The molecule has 2 saturated heterocycles. The van der Waals surface area contributed by atoms with Crippen LogP contribution in [0.3, 0.4) is 0 Å². The maximum Gasteiger partial charge on any atom is 0.312 e. The van der Waals surface area contributed by atoms with Gasteiger partial charge in [0.2, 0.25) is 0 Å².